The zero-order valence-electron chi connectivity index (χ0n) is 12.3. The Morgan fingerprint density at radius 2 is 2.35 bits per heavy atom. The van der Waals surface area contributed by atoms with Crippen LogP contribution in [0.25, 0.3) is 0 Å². The monoisotopic (exact) mass is 275 g/mol. The Bertz CT molecular complexity index is 465. The van der Waals surface area contributed by atoms with Crippen LogP contribution in [0, 0.1) is 5.92 Å². The Balaban J connectivity index is 1.79. The Morgan fingerprint density at radius 3 is 3.20 bits per heavy atom. The molecule has 1 saturated carbocycles. The predicted molar refractivity (Wildman–Crippen MR) is 80.7 cm³/mol. The minimum atomic E-state index is -0.410. The van der Waals surface area contributed by atoms with E-state index in [0.29, 0.717) is 5.92 Å². The maximum atomic E-state index is 10.8. The molecule has 2 atom stereocenters. The van der Waals surface area contributed by atoms with E-state index in [1.807, 2.05) is 19.3 Å². The number of nitrogens with one attached hydrogen (secondary N) is 1. The summed E-state index contributed by atoms with van der Waals surface area (Å²) < 4.78 is 0. The summed E-state index contributed by atoms with van der Waals surface area (Å²) in [5.41, 5.74) is 0.837. The van der Waals surface area contributed by atoms with Gasteiger partial charge in [0.1, 0.15) is 5.82 Å². The molecule has 3 rings (SSSR count). The van der Waals surface area contributed by atoms with Crippen LogP contribution in [0.5, 0.6) is 0 Å². The molecule has 1 saturated heterocycles. The molecule has 4 nitrogen and oxygen atoms in total. The number of rotatable bonds is 3. The van der Waals surface area contributed by atoms with Gasteiger partial charge < -0.3 is 15.3 Å². The SMILES string of the molecule is CNCc1cccnc1N1CCC2(O)CCCCC2C1. The lowest BCUT2D eigenvalue weighted by Crippen LogP contribution is -2.53. The molecule has 1 aliphatic heterocycles. The van der Waals surface area contributed by atoms with Crippen molar-refractivity contribution in [2.45, 2.75) is 44.2 Å². The largest absolute Gasteiger partial charge is 0.389 e. The van der Waals surface area contributed by atoms with Crippen LogP contribution in [0.15, 0.2) is 18.3 Å². The Labute approximate surface area is 121 Å². The molecule has 0 amide bonds. The first kappa shape index (κ1) is 13.8. The van der Waals surface area contributed by atoms with Gasteiger partial charge in [-0.3, -0.25) is 0 Å². The molecule has 1 aromatic rings. The molecule has 1 aromatic heterocycles. The Hall–Kier alpha value is -1.13. The number of nitrogens with zero attached hydrogens (tertiary/aromatic N) is 2. The quantitative estimate of drug-likeness (QED) is 0.885. The van der Waals surface area contributed by atoms with Crippen molar-refractivity contribution in [3.63, 3.8) is 0 Å². The first-order valence-electron chi connectivity index (χ1n) is 7.79. The van der Waals surface area contributed by atoms with E-state index in [1.54, 1.807) is 0 Å². The van der Waals surface area contributed by atoms with Crippen molar-refractivity contribution in [3.8, 4) is 0 Å². The van der Waals surface area contributed by atoms with Gasteiger partial charge in [-0.25, -0.2) is 4.98 Å². The Morgan fingerprint density at radius 1 is 1.45 bits per heavy atom. The first-order chi connectivity index (χ1) is 9.73. The van der Waals surface area contributed by atoms with Crippen molar-refractivity contribution >= 4 is 5.82 Å². The van der Waals surface area contributed by atoms with E-state index in [-0.39, 0.29) is 0 Å². The van der Waals surface area contributed by atoms with E-state index >= 15 is 0 Å². The molecule has 1 aliphatic carbocycles. The lowest BCUT2D eigenvalue weighted by molar-refractivity contribution is -0.0613. The number of hydrogen-bond donors (Lipinski definition) is 2. The standard InChI is InChI=1S/C16H25N3O/c1-17-11-13-5-4-9-18-15(13)19-10-8-16(20)7-3-2-6-14(16)12-19/h4-5,9,14,17,20H,2-3,6-8,10-12H2,1H3. The van der Waals surface area contributed by atoms with Crippen LogP contribution in [0.1, 0.15) is 37.7 Å². The molecule has 2 N–H and O–H groups in total. The summed E-state index contributed by atoms with van der Waals surface area (Å²) in [6, 6.07) is 4.14. The van der Waals surface area contributed by atoms with Crippen LogP contribution in [0.4, 0.5) is 5.82 Å². The topological polar surface area (TPSA) is 48.4 Å². The van der Waals surface area contributed by atoms with E-state index in [1.165, 1.54) is 18.4 Å². The molecule has 2 unspecified atom stereocenters. The van der Waals surface area contributed by atoms with E-state index in [4.69, 9.17) is 0 Å². The fraction of sp³-hybridized carbons (Fsp3) is 0.688. The summed E-state index contributed by atoms with van der Waals surface area (Å²) in [6.07, 6.45) is 7.33. The number of piperidine rings is 1. The minimum Gasteiger partial charge on any atom is -0.389 e. The third-order valence-corrected chi connectivity index (χ3v) is 4.96. The van der Waals surface area contributed by atoms with E-state index in [9.17, 15) is 5.11 Å². The number of anilines is 1. The third kappa shape index (κ3) is 2.54. The smallest absolute Gasteiger partial charge is 0.133 e. The fourth-order valence-corrected chi connectivity index (χ4v) is 3.81. The molecule has 0 aromatic carbocycles. The van der Waals surface area contributed by atoms with Crippen LogP contribution < -0.4 is 10.2 Å². The molecule has 0 bridgehead atoms. The zero-order valence-corrected chi connectivity index (χ0v) is 12.3. The lowest BCUT2D eigenvalue weighted by atomic mass is 9.71. The minimum absolute atomic E-state index is 0.410. The van der Waals surface area contributed by atoms with Gasteiger partial charge in [-0.1, -0.05) is 18.9 Å². The van der Waals surface area contributed by atoms with Gasteiger partial charge in [0.15, 0.2) is 0 Å². The van der Waals surface area contributed by atoms with Crippen molar-refractivity contribution in [2.24, 2.45) is 5.92 Å². The second kappa shape index (κ2) is 5.70. The highest BCUT2D eigenvalue weighted by atomic mass is 16.3. The van der Waals surface area contributed by atoms with E-state index in [0.717, 1.165) is 44.7 Å². The van der Waals surface area contributed by atoms with Crippen LogP contribution in [0.2, 0.25) is 0 Å². The summed E-state index contributed by atoms with van der Waals surface area (Å²) in [7, 11) is 1.97. The highest BCUT2D eigenvalue weighted by Crippen LogP contribution is 2.40. The molecular weight excluding hydrogens is 250 g/mol. The lowest BCUT2D eigenvalue weighted by Gasteiger charge is -2.48. The molecule has 2 heterocycles. The number of hydrogen-bond acceptors (Lipinski definition) is 4. The first-order valence-corrected chi connectivity index (χ1v) is 7.79. The molecule has 2 fully saturated rings. The molecule has 110 valence electrons. The average molecular weight is 275 g/mol. The van der Waals surface area contributed by atoms with Gasteiger partial charge >= 0.3 is 0 Å². The van der Waals surface area contributed by atoms with Gasteiger partial charge in [0.2, 0.25) is 0 Å². The van der Waals surface area contributed by atoms with Gasteiger partial charge in [0.05, 0.1) is 5.60 Å². The normalized spacial score (nSPS) is 30.1. The Kier molecular flexibility index (Phi) is 3.94. The van der Waals surface area contributed by atoms with Crippen molar-refractivity contribution in [1.29, 1.82) is 0 Å². The molecular formula is C16H25N3O. The molecule has 20 heavy (non-hydrogen) atoms. The number of fused-ring (bicyclic) bond motifs is 1. The van der Waals surface area contributed by atoms with Gasteiger partial charge in [-0.15, -0.1) is 0 Å². The van der Waals surface area contributed by atoms with Crippen molar-refractivity contribution in [1.82, 2.24) is 10.3 Å². The van der Waals surface area contributed by atoms with Crippen molar-refractivity contribution < 1.29 is 5.11 Å². The summed E-state index contributed by atoms with van der Waals surface area (Å²) in [5.74, 6) is 1.50. The summed E-state index contributed by atoms with van der Waals surface area (Å²) in [4.78, 5) is 6.96. The van der Waals surface area contributed by atoms with Crippen molar-refractivity contribution in [3.05, 3.63) is 23.9 Å². The summed E-state index contributed by atoms with van der Waals surface area (Å²) in [5, 5.41) is 14.0. The number of pyridine rings is 1. The van der Waals surface area contributed by atoms with Gasteiger partial charge in [-0.05, 0) is 32.4 Å². The average Bonchev–Trinajstić information content (AvgIpc) is 2.47. The summed E-state index contributed by atoms with van der Waals surface area (Å²) in [6.45, 7) is 2.71. The molecule has 4 heteroatoms. The fourth-order valence-electron chi connectivity index (χ4n) is 3.81. The second-order valence-corrected chi connectivity index (χ2v) is 6.26. The van der Waals surface area contributed by atoms with Crippen LogP contribution >= 0.6 is 0 Å². The van der Waals surface area contributed by atoms with Crippen LogP contribution in [-0.2, 0) is 6.54 Å². The molecule has 0 radical (unpaired) electrons. The highest BCUT2D eigenvalue weighted by molar-refractivity contribution is 5.47. The van der Waals surface area contributed by atoms with Crippen molar-refractivity contribution in [2.75, 3.05) is 25.0 Å². The zero-order chi connectivity index (χ0) is 14.0. The third-order valence-electron chi connectivity index (χ3n) is 4.96. The maximum Gasteiger partial charge on any atom is 0.133 e. The van der Waals surface area contributed by atoms with Gasteiger partial charge in [0, 0.05) is 37.3 Å². The number of aromatic nitrogens is 1. The predicted octanol–water partition coefficient (Wildman–Crippen LogP) is 1.93. The molecule has 0 spiro atoms. The maximum absolute atomic E-state index is 10.8. The van der Waals surface area contributed by atoms with Crippen LogP contribution in [-0.4, -0.2) is 35.8 Å². The second-order valence-electron chi connectivity index (χ2n) is 6.26. The van der Waals surface area contributed by atoms with Crippen LogP contribution in [0.3, 0.4) is 0 Å². The molecule has 2 aliphatic rings. The van der Waals surface area contributed by atoms with Gasteiger partial charge in [0.25, 0.3) is 0 Å². The highest BCUT2D eigenvalue weighted by Gasteiger charge is 2.43. The van der Waals surface area contributed by atoms with E-state index < -0.39 is 5.60 Å². The van der Waals surface area contributed by atoms with Gasteiger partial charge in [-0.2, -0.15) is 0 Å². The number of aliphatic hydroxyl groups is 1. The van der Waals surface area contributed by atoms with E-state index in [2.05, 4.69) is 21.3 Å². The summed E-state index contributed by atoms with van der Waals surface area (Å²) >= 11 is 0.